The van der Waals surface area contributed by atoms with Gasteiger partial charge >= 0.3 is 11.9 Å². The lowest BCUT2D eigenvalue weighted by atomic mass is 9.98. The van der Waals surface area contributed by atoms with Gasteiger partial charge in [0.15, 0.2) is 5.92 Å². The molecule has 2 N–H and O–H groups in total. The van der Waals surface area contributed by atoms with Crippen molar-refractivity contribution in [2.24, 2.45) is 0 Å². The second-order valence-corrected chi connectivity index (χ2v) is 2.93. The molecule has 0 saturated carbocycles. The summed E-state index contributed by atoms with van der Waals surface area (Å²) in [7, 11) is 0. The molecule has 1 aromatic carbocycles. The predicted octanol–water partition coefficient (Wildman–Crippen LogP) is 0.848. The highest BCUT2D eigenvalue weighted by Crippen LogP contribution is 2.26. The van der Waals surface area contributed by atoms with E-state index in [1.54, 1.807) is 0 Å². The number of nitro benzene ring substituents is 1. The molecule has 0 aliphatic heterocycles. The van der Waals surface area contributed by atoms with Crippen LogP contribution in [0.2, 0.25) is 0 Å². The van der Waals surface area contributed by atoms with E-state index < -0.39 is 28.5 Å². The Kier molecular flexibility index (Phi) is 3.19. The Bertz CT molecular complexity index is 441. The maximum Gasteiger partial charge on any atom is 0.322 e. The second kappa shape index (κ2) is 4.39. The third-order valence-electron chi connectivity index (χ3n) is 1.94. The zero-order valence-corrected chi connectivity index (χ0v) is 7.86. The molecule has 0 spiro atoms. The summed E-state index contributed by atoms with van der Waals surface area (Å²) in [4.78, 5) is 31.2. The molecule has 0 radical (unpaired) electrons. The number of carboxylic acids is 2. The fourth-order valence-electron chi connectivity index (χ4n) is 1.27. The van der Waals surface area contributed by atoms with Crippen molar-refractivity contribution in [3.05, 3.63) is 39.9 Å². The Morgan fingerprint density at radius 3 is 2.12 bits per heavy atom. The monoisotopic (exact) mass is 225 g/mol. The number of carboxylic acid groups (broad SMARTS) is 2. The maximum absolute atomic E-state index is 10.7. The SMILES string of the molecule is O=C(O)C(C(=O)O)c1ccccc1[N+](=O)[O-]. The molecule has 1 aromatic rings. The first-order valence-corrected chi connectivity index (χ1v) is 4.14. The van der Waals surface area contributed by atoms with Gasteiger partial charge in [0.05, 0.1) is 10.5 Å². The Morgan fingerprint density at radius 1 is 1.19 bits per heavy atom. The lowest BCUT2D eigenvalue weighted by Gasteiger charge is -2.07. The van der Waals surface area contributed by atoms with Crippen molar-refractivity contribution >= 4 is 17.6 Å². The van der Waals surface area contributed by atoms with Crippen molar-refractivity contribution in [3.8, 4) is 0 Å². The summed E-state index contributed by atoms with van der Waals surface area (Å²) in [6.45, 7) is 0. The van der Waals surface area contributed by atoms with Gasteiger partial charge in [0.2, 0.25) is 0 Å². The van der Waals surface area contributed by atoms with E-state index in [1.807, 2.05) is 0 Å². The van der Waals surface area contributed by atoms with E-state index in [0.717, 1.165) is 12.1 Å². The molecule has 0 bridgehead atoms. The number of hydrogen-bond donors (Lipinski definition) is 2. The number of carbonyl (C=O) groups is 2. The van der Waals surface area contributed by atoms with E-state index in [0.29, 0.717) is 0 Å². The van der Waals surface area contributed by atoms with Crippen LogP contribution in [0.4, 0.5) is 5.69 Å². The lowest BCUT2D eigenvalue weighted by molar-refractivity contribution is -0.385. The van der Waals surface area contributed by atoms with Crippen molar-refractivity contribution in [2.75, 3.05) is 0 Å². The van der Waals surface area contributed by atoms with Crippen LogP contribution in [0.1, 0.15) is 11.5 Å². The zero-order chi connectivity index (χ0) is 12.3. The second-order valence-electron chi connectivity index (χ2n) is 2.93. The van der Waals surface area contributed by atoms with Crippen LogP contribution in [0.25, 0.3) is 0 Å². The first-order valence-electron chi connectivity index (χ1n) is 4.14. The van der Waals surface area contributed by atoms with Gasteiger partial charge in [-0.3, -0.25) is 19.7 Å². The molecule has 0 fully saturated rings. The summed E-state index contributed by atoms with van der Waals surface area (Å²) in [6, 6.07) is 4.86. The van der Waals surface area contributed by atoms with E-state index in [9.17, 15) is 19.7 Å². The predicted molar refractivity (Wildman–Crippen MR) is 51.1 cm³/mol. The summed E-state index contributed by atoms with van der Waals surface area (Å²) in [5.74, 6) is -5.20. The molecule has 0 aromatic heterocycles. The molecule has 1 rings (SSSR count). The maximum atomic E-state index is 10.7. The third-order valence-corrected chi connectivity index (χ3v) is 1.94. The van der Waals surface area contributed by atoms with Gasteiger partial charge in [-0.1, -0.05) is 18.2 Å². The Labute approximate surface area is 89.1 Å². The summed E-state index contributed by atoms with van der Waals surface area (Å²) in [5, 5.41) is 28.0. The molecule has 84 valence electrons. The van der Waals surface area contributed by atoms with Crippen molar-refractivity contribution in [2.45, 2.75) is 5.92 Å². The van der Waals surface area contributed by atoms with Crippen LogP contribution in [0, 0.1) is 10.1 Å². The molecule has 0 aliphatic rings. The summed E-state index contributed by atoms with van der Waals surface area (Å²) in [5.41, 5.74) is -0.857. The fourth-order valence-corrected chi connectivity index (χ4v) is 1.27. The van der Waals surface area contributed by atoms with E-state index >= 15 is 0 Å². The van der Waals surface area contributed by atoms with Crippen molar-refractivity contribution in [3.63, 3.8) is 0 Å². The van der Waals surface area contributed by atoms with Crippen molar-refractivity contribution in [1.82, 2.24) is 0 Å². The highest BCUT2D eigenvalue weighted by molar-refractivity contribution is 5.99. The molecule has 0 unspecified atom stereocenters. The van der Waals surface area contributed by atoms with Gasteiger partial charge in [0, 0.05) is 6.07 Å². The van der Waals surface area contributed by atoms with Crippen LogP contribution in [-0.2, 0) is 9.59 Å². The Balaban J connectivity index is 3.35. The van der Waals surface area contributed by atoms with Gasteiger partial charge in [-0.2, -0.15) is 0 Å². The summed E-state index contributed by atoms with van der Waals surface area (Å²) < 4.78 is 0. The van der Waals surface area contributed by atoms with Crippen LogP contribution in [0.15, 0.2) is 24.3 Å². The number of rotatable bonds is 4. The summed E-state index contributed by atoms with van der Waals surface area (Å²) >= 11 is 0. The van der Waals surface area contributed by atoms with Gasteiger partial charge in [0.25, 0.3) is 5.69 Å². The average molecular weight is 225 g/mol. The van der Waals surface area contributed by atoms with Gasteiger partial charge in [-0.15, -0.1) is 0 Å². The molecule has 7 heteroatoms. The Morgan fingerprint density at radius 2 is 1.69 bits per heavy atom. The minimum atomic E-state index is -1.93. The van der Waals surface area contributed by atoms with E-state index in [4.69, 9.17) is 10.2 Å². The molecule has 0 saturated heterocycles. The van der Waals surface area contributed by atoms with E-state index in [-0.39, 0.29) is 5.56 Å². The number of aliphatic carboxylic acids is 2. The van der Waals surface area contributed by atoms with Gasteiger partial charge < -0.3 is 10.2 Å². The van der Waals surface area contributed by atoms with Crippen LogP contribution in [-0.4, -0.2) is 27.1 Å². The minimum Gasteiger partial charge on any atom is -0.480 e. The minimum absolute atomic E-state index is 0.340. The largest absolute Gasteiger partial charge is 0.480 e. The first-order chi connectivity index (χ1) is 7.45. The molecule has 7 nitrogen and oxygen atoms in total. The topological polar surface area (TPSA) is 118 Å². The van der Waals surface area contributed by atoms with Crippen LogP contribution in [0.3, 0.4) is 0 Å². The highest BCUT2D eigenvalue weighted by Gasteiger charge is 2.33. The standard InChI is InChI=1S/C9H7NO6/c11-8(12)7(9(13)14)5-3-1-2-4-6(5)10(15)16/h1-4,7H,(H,11,12)(H,13,14). The van der Waals surface area contributed by atoms with Gasteiger partial charge in [-0.05, 0) is 0 Å². The van der Waals surface area contributed by atoms with Crippen LogP contribution < -0.4 is 0 Å². The van der Waals surface area contributed by atoms with Gasteiger partial charge in [0.1, 0.15) is 0 Å². The third kappa shape index (κ3) is 2.14. The summed E-state index contributed by atoms with van der Waals surface area (Å²) in [6.07, 6.45) is 0. The number of para-hydroxylation sites is 1. The van der Waals surface area contributed by atoms with Crippen molar-refractivity contribution < 1.29 is 24.7 Å². The molecular weight excluding hydrogens is 218 g/mol. The highest BCUT2D eigenvalue weighted by atomic mass is 16.6. The first kappa shape index (κ1) is 11.6. The molecule has 0 atom stereocenters. The number of benzene rings is 1. The zero-order valence-electron chi connectivity index (χ0n) is 7.86. The average Bonchev–Trinajstić information content (AvgIpc) is 2.17. The number of nitro groups is 1. The molecular formula is C9H7NO6. The van der Waals surface area contributed by atoms with Crippen molar-refractivity contribution in [1.29, 1.82) is 0 Å². The van der Waals surface area contributed by atoms with E-state index in [2.05, 4.69) is 0 Å². The van der Waals surface area contributed by atoms with E-state index in [1.165, 1.54) is 12.1 Å². The molecule has 16 heavy (non-hydrogen) atoms. The van der Waals surface area contributed by atoms with Crippen LogP contribution in [0.5, 0.6) is 0 Å². The quantitative estimate of drug-likeness (QED) is 0.445. The fraction of sp³-hybridized carbons (Fsp3) is 0.111. The number of nitrogens with zero attached hydrogens (tertiary/aromatic N) is 1. The number of hydrogen-bond acceptors (Lipinski definition) is 4. The van der Waals surface area contributed by atoms with Crippen LogP contribution >= 0.6 is 0 Å². The normalized spacial score (nSPS) is 10.1. The Hall–Kier alpha value is -2.44. The van der Waals surface area contributed by atoms with Gasteiger partial charge in [-0.25, -0.2) is 0 Å². The molecule has 0 heterocycles. The molecule has 0 amide bonds. The lowest BCUT2D eigenvalue weighted by Crippen LogP contribution is -2.22. The molecule has 0 aliphatic carbocycles. The smallest absolute Gasteiger partial charge is 0.322 e.